The number of benzene rings is 1. The van der Waals surface area contributed by atoms with E-state index in [4.69, 9.17) is 0 Å². The van der Waals surface area contributed by atoms with E-state index in [1.807, 2.05) is 13.0 Å². The molecule has 1 saturated heterocycles. The van der Waals surface area contributed by atoms with Crippen molar-refractivity contribution in [3.63, 3.8) is 0 Å². The largest absolute Gasteiger partial charge is 0.367 e. The molecule has 0 aliphatic carbocycles. The molecule has 2 heterocycles. The zero-order valence-electron chi connectivity index (χ0n) is 17.0. The van der Waals surface area contributed by atoms with Crippen molar-refractivity contribution in [2.45, 2.75) is 25.8 Å². The summed E-state index contributed by atoms with van der Waals surface area (Å²) in [5.41, 5.74) is 1.42. The summed E-state index contributed by atoms with van der Waals surface area (Å²) in [4.78, 5) is 35.3. The number of aryl methyl sites for hydroxylation is 1. The van der Waals surface area contributed by atoms with Crippen LogP contribution in [-0.2, 0) is 4.79 Å². The van der Waals surface area contributed by atoms with Crippen molar-refractivity contribution in [3.8, 4) is 11.4 Å². The van der Waals surface area contributed by atoms with Gasteiger partial charge in [-0.3, -0.25) is 19.8 Å². The van der Waals surface area contributed by atoms with Crippen molar-refractivity contribution >= 4 is 17.4 Å². The van der Waals surface area contributed by atoms with E-state index >= 15 is 0 Å². The second-order valence-electron chi connectivity index (χ2n) is 7.51. The van der Waals surface area contributed by atoms with Gasteiger partial charge in [0.25, 0.3) is 5.69 Å². The van der Waals surface area contributed by atoms with Crippen LogP contribution in [0.4, 0.5) is 11.5 Å². The summed E-state index contributed by atoms with van der Waals surface area (Å²) >= 11 is 0. The summed E-state index contributed by atoms with van der Waals surface area (Å²) in [6, 6.07) is 8.48. The molecule has 0 saturated carbocycles. The van der Waals surface area contributed by atoms with Gasteiger partial charge < -0.3 is 10.2 Å². The highest BCUT2D eigenvalue weighted by atomic mass is 16.6. The first-order valence-corrected chi connectivity index (χ1v) is 9.61. The maximum atomic E-state index is 11.9. The third-order valence-corrected chi connectivity index (χ3v) is 4.97. The number of hydrogen-bond donors (Lipinski definition) is 1. The topological polar surface area (TPSA) is 105 Å². The minimum absolute atomic E-state index is 0.0155. The fourth-order valence-corrected chi connectivity index (χ4v) is 3.31. The number of rotatable bonds is 6. The molecule has 0 unspecified atom stereocenters. The minimum Gasteiger partial charge on any atom is -0.367 e. The Morgan fingerprint density at radius 1 is 1.28 bits per heavy atom. The number of anilines is 1. The molecule has 0 spiro atoms. The average Bonchev–Trinajstić information content (AvgIpc) is 2.69. The Balaban J connectivity index is 1.66. The van der Waals surface area contributed by atoms with E-state index in [0.717, 1.165) is 31.6 Å². The lowest BCUT2D eigenvalue weighted by atomic mass is 10.0. The number of piperidine rings is 1. The fourth-order valence-electron chi connectivity index (χ4n) is 3.31. The lowest BCUT2D eigenvalue weighted by Gasteiger charge is -2.32. The molecule has 1 fully saturated rings. The maximum absolute atomic E-state index is 11.9. The summed E-state index contributed by atoms with van der Waals surface area (Å²) in [5, 5.41) is 14.5. The summed E-state index contributed by atoms with van der Waals surface area (Å²) in [6.07, 6.45) is 1.83. The molecule has 2 aromatic rings. The van der Waals surface area contributed by atoms with Gasteiger partial charge in [-0.05, 0) is 19.8 Å². The summed E-state index contributed by atoms with van der Waals surface area (Å²) in [7, 11) is 3.54. The van der Waals surface area contributed by atoms with Crippen molar-refractivity contribution in [2.24, 2.45) is 0 Å². The first-order chi connectivity index (χ1) is 13.8. The predicted octanol–water partition coefficient (Wildman–Crippen LogP) is 2.32. The van der Waals surface area contributed by atoms with E-state index in [2.05, 4.69) is 20.2 Å². The number of nitrogens with zero attached hydrogens (tertiary/aromatic N) is 5. The number of carbonyl (C=O) groups is 1. The average molecular weight is 398 g/mol. The molecule has 1 aromatic heterocycles. The van der Waals surface area contributed by atoms with Crippen LogP contribution >= 0.6 is 0 Å². The van der Waals surface area contributed by atoms with Crippen molar-refractivity contribution in [3.05, 3.63) is 46.1 Å². The summed E-state index contributed by atoms with van der Waals surface area (Å²) in [5.74, 6) is 1.29. The predicted molar refractivity (Wildman–Crippen MR) is 111 cm³/mol. The number of nitro benzene ring substituents is 1. The van der Waals surface area contributed by atoms with Crippen molar-refractivity contribution in [1.82, 2.24) is 19.8 Å². The van der Waals surface area contributed by atoms with E-state index < -0.39 is 4.92 Å². The second-order valence-corrected chi connectivity index (χ2v) is 7.51. The molecule has 0 radical (unpaired) electrons. The molecule has 1 aliphatic rings. The van der Waals surface area contributed by atoms with E-state index in [9.17, 15) is 14.9 Å². The number of aromatic nitrogens is 2. The van der Waals surface area contributed by atoms with Crippen LogP contribution in [0.1, 0.15) is 18.5 Å². The Kier molecular flexibility index (Phi) is 6.38. The van der Waals surface area contributed by atoms with Crippen LogP contribution in [-0.4, -0.2) is 70.4 Å². The van der Waals surface area contributed by atoms with Gasteiger partial charge in [-0.1, -0.05) is 12.1 Å². The highest BCUT2D eigenvalue weighted by Gasteiger charge is 2.22. The third kappa shape index (κ3) is 5.47. The highest BCUT2D eigenvalue weighted by Crippen LogP contribution is 2.23. The van der Waals surface area contributed by atoms with Gasteiger partial charge in [0.05, 0.1) is 11.5 Å². The number of likely N-dealkylation sites (tertiary alicyclic amines) is 1. The number of nitro groups is 1. The zero-order valence-corrected chi connectivity index (χ0v) is 17.0. The Morgan fingerprint density at radius 2 is 2.00 bits per heavy atom. The number of amides is 1. The normalized spacial score (nSPS) is 15.1. The van der Waals surface area contributed by atoms with Gasteiger partial charge in [0.2, 0.25) is 5.91 Å². The monoisotopic (exact) mass is 398 g/mol. The van der Waals surface area contributed by atoms with Crippen LogP contribution in [0.25, 0.3) is 11.4 Å². The SMILES string of the molecule is Cc1cc(NC2CCN(CC(=O)N(C)C)CC2)nc(-c2cccc([N+](=O)[O-])c2)n1. The van der Waals surface area contributed by atoms with Crippen LogP contribution in [0.2, 0.25) is 0 Å². The Labute approximate surface area is 169 Å². The van der Waals surface area contributed by atoms with Crippen LogP contribution in [0.3, 0.4) is 0 Å². The quantitative estimate of drug-likeness (QED) is 0.588. The van der Waals surface area contributed by atoms with Gasteiger partial charge in [-0.25, -0.2) is 9.97 Å². The second kappa shape index (κ2) is 8.95. The minimum atomic E-state index is -0.423. The standard InChI is InChI=1S/C20H26N6O3/c1-14-11-18(22-16-7-9-25(10-8-16)13-19(27)24(2)3)23-20(21-14)15-5-4-6-17(12-15)26(28)29/h4-6,11-12,16H,7-10,13H2,1-3H3,(H,21,22,23). The molecule has 1 N–H and O–H groups in total. The fraction of sp³-hybridized carbons (Fsp3) is 0.450. The smallest absolute Gasteiger partial charge is 0.270 e. The van der Waals surface area contributed by atoms with Crippen molar-refractivity contribution in [1.29, 1.82) is 0 Å². The van der Waals surface area contributed by atoms with E-state index in [-0.39, 0.29) is 17.6 Å². The van der Waals surface area contributed by atoms with Crippen molar-refractivity contribution < 1.29 is 9.72 Å². The molecule has 1 aromatic carbocycles. The molecular formula is C20H26N6O3. The molecule has 1 amide bonds. The van der Waals surface area contributed by atoms with E-state index in [1.165, 1.54) is 12.1 Å². The molecule has 29 heavy (non-hydrogen) atoms. The first-order valence-electron chi connectivity index (χ1n) is 9.61. The molecule has 154 valence electrons. The summed E-state index contributed by atoms with van der Waals surface area (Å²) in [6.45, 7) is 4.02. The van der Waals surface area contributed by atoms with Gasteiger partial charge >= 0.3 is 0 Å². The lowest BCUT2D eigenvalue weighted by molar-refractivity contribution is -0.384. The number of carbonyl (C=O) groups excluding carboxylic acids is 1. The summed E-state index contributed by atoms with van der Waals surface area (Å²) < 4.78 is 0. The number of non-ortho nitro benzene ring substituents is 1. The Bertz CT molecular complexity index is 894. The van der Waals surface area contributed by atoms with Gasteiger partial charge in [-0.15, -0.1) is 0 Å². The molecule has 9 heteroatoms. The van der Waals surface area contributed by atoms with Gasteiger partial charge in [0.1, 0.15) is 5.82 Å². The van der Waals surface area contributed by atoms with E-state index in [0.29, 0.717) is 23.8 Å². The Hall–Kier alpha value is -3.07. The first kappa shape index (κ1) is 20.7. The Morgan fingerprint density at radius 3 is 2.66 bits per heavy atom. The molecular weight excluding hydrogens is 372 g/mol. The molecule has 0 atom stereocenters. The van der Waals surface area contributed by atoms with Crippen LogP contribution in [0.5, 0.6) is 0 Å². The number of nitrogens with one attached hydrogen (secondary N) is 1. The number of hydrogen-bond acceptors (Lipinski definition) is 7. The lowest BCUT2D eigenvalue weighted by Crippen LogP contribution is -2.44. The van der Waals surface area contributed by atoms with E-state index in [1.54, 1.807) is 31.1 Å². The third-order valence-electron chi connectivity index (χ3n) is 4.97. The van der Waals surface area contributed by atoms with Gasteiger partial charge in [0, 0.05) is 62.7 Å². The van der Waals surface area contributed by atoms with Crippen LogP contribution in [0.15, 0.2) is 30.3 Å². The van der Waals surface area contributed by atoms with Crippen molar-refractivity contribution in [2.75, 3.05) is 39.0 Å². The van der Waals surface area contributed by atoms with Crippen LogP contribution in [0, 0.1) is 17.0 Å². The molecule has 3 rings (SSSR count). The van der Waals surface area contributed by atoms with Gasteiger partial charge in [-0.2, -0.15) is 0 Å². The van der Waals surface area contributed by atoms with Crippen LogP contribution < -0.4 is 5.32 Å². The molecule has 1 aliphatic heterocycles. The molecule has 0 bridgehead atoms. The number of likely N-dealkylation sites (N-methyl/N-ethyl adjacent to an activating group) is 1. The van der Waals surface area contributed by atoms with Gasteiger partial charge in [0.15, 0.2) is 5.82 Å². The molecule has 9 nitrogen and oxygen atoms in total. The maximum Gasteiger partial charge on any atom is 0.270 e. The zero-order chi connectivity index (χ0) is 21.0. The highest BCUT2D eigenvalue weighted by molar-refractivity contribution is 5.77.